The number of nitrogens with one attached hydrogen (secondary N) is 2. The van der Waals surface area contributed by atoms with Gasteiger partial charge < -0.3 is 10.4 Å². The molecule has 0 radical (unpaired) electrons. The molecule has 1 fully saturated rings. The molecule has 0 aliphatic heterocycles. The van der Waals surface area contributed by atoms with Gasteiger partial charge >= 0.3 is 0 Å². The lowest BCUT2D eigenvalue weighted by Gasteiger charge is -2.36. The number of aliphatic hydroxyl groups excluding tert-OH is 1. The van der Waals surface area contributed by atoms with Crippen LogP contribution in [-0.2, 0) is 0 Å². The van der Waals surface area contributed by atoms with E-state index in [0.29, 0.717) is 0 Å². The summed E-state index contributed by atoms with van der Waals surface area (Å²) in [5.41, 5.74) is 3.30. The summed E-state index contributed by atoms with van der Waals surface area (Å²) in [5.74, 6) is 0. The van der Waals surface area contributed by atoms with Crippen molar-refractivity contribution in [1.29, 1.82) is 0 Å². The topological polar surface area (TPSA) is 60.9 Å². The van der Waals surface area contributed by atoms with Crippen LogP contribution in [0.2, 0.25) is 0 Å². The van der Waals surface area contributed by atoms with Gasteiger partial charge in [0.25, 0.3) is 0 Å². The molecule has 21 heavy (non-hydrogen) atoms. The Labute approximate surface area is 125 Å². The SMILES string of the molecule is OCC1(CNc2cccc(-c3ccn[nH]3)c2)CCCCC1. The number of nitrogens with zero attached hydrogens (tertiary/aromatic N) is 1. The van der Waals surface area contributed by atoms with Crippen molar-refractivity contribution in [2.75, 3.05) is 18.5 Å². The van der Waals surface area contributed by atoms with Gasteiger partial charge in [0.05, 0.1) is 12.3 Å². The molecule has 0 spiro atoms. The van der Waals surface area contributed by atoms with Crippen LogP contribution in [0.5, 0.6) is 0 Å². The molecule has 0 atom stereocenters. The zero-order chi connectivity index (χ0) is 14.5. The van der Waals surface area contributed by atoms with E-state index in [2.05, 4.69) is 33.7 Å². The first-order chi connectivity index (χ1) is 10.3. The van der Waals surface area contributed by atoms with Crippen molar-refractivity contribution >= 4 is 5.69 Å². The highest BCUT2D eigenvalue weighted by Gasteiger charge is 2.31. The predicted molar refractivity (Wildman–Crippen MR) is 85.1 cm³/mol. The van der Waals surface area contributed by atoms with Gasteiger partial charge in [-0.15, -0.1) is 0 Å². The predicted octanol–water partition coefficient (Wildman–Crippen LogP) is 3.43. The Bertz CT molecular complexity index is 559. The molecule has 1 heterocycles. The second-order valence-corrected chi connectivity index (χ2v) is 6.12. The number of benzene rings is 1. The Balaban J connectivity index is 1.69. The largest absolute Gasteiger partial charge is 0.396 e. The molecular weight excluding hydrogens is 262 g/mol. The van der Waals surface area contributed by atoms with E-state index < -0.39 is 0 Å². The molecule has 1 aliphatic rings. The fourth-order valence-corrected chi connectivity index (χ4v) is 3.20. The number of aliphatic hydroxyl groups is 1. The molecule has 3 N–H and O–H groups in total. The van der Waals surface area contributed by atoms with Crippen LogP contribution in [0.25, 0.3) is 11.3 Å². The van der Waals surface area contributed by atoms with E-state index in [4.69, 9.17) is 0 Å². The average Bonchev–Trinajstić information content (AvgIpc) is 3.09. The maximum atomic E-state index is 9.77. The van der Waals surface area contributed by atoms with Crippen LogP contribution >= 0.6 is 0 Å². The van der Waals surface area contributed by atoms with Gasteiger partial charge in [-0.3, -0.25) is 5.10 Å². The number of hydrogen-bond acceptors (Lipinski definition) is 3. The Kier molecular flexibility index (Phi) is 4.25. The normalized spacial score (nSPS) is 17.6. The summed E-state index contributed by atoms with van der Waals surface area (Å²) >= 11 is 0. The second-order valence-electron chi connectivity index (χ2n) is 6.12. The lowest BCUT2D eigenvalue weighted by Crippen LogP contribution is -2.35. The molecule has 1 aliphatic carbocycles. The van der Waals surface area contributed by atoms with Gasteiger partial charge in [-0.25, -0.2) is 0 Å². The van der Waals surface area contributed by atoms with E-state index in [9.17, 15) is 5.11 Å². The lowest BCUT2D eigenvalue weighted by molar-refractivity contribution is 0.0944. The maximum Gasteiger partial charge on any atom is 0.0650 e. The molecule has 0 unspecified atom stereocenters. The molecule has 1 aromatic heterocycles. The summed E-state index contributed by atoms with van der Waals surface area (Å²) in [4.78, 5) is 0. The van der Waals surface area contributed by atoms with Crippen LogP contribution in [0.4, 0.5) is 5.69 Å². The molecule has 0 saturated heterocycles. The Hall–Kier alpha value is -1.81. The number of aromatic amines is 1. The highest BCUT2D eigenvalue weighted by molar-refractivity contribution is 5.64. The summed E-state index contributed by atoms with van der Waals surface area (Å²) < 4.78 is 0. The van der Waals surface area contributed by atoms with Crippen LogP contribution in [0.3, 0.4) is 0 Å². The molecule has 0 bridgehead atoms. The van der Waals surface area contributed by atoms with E-state index in [0.717, 1.165) is 36.3 Å². The second kappa shape index (κ2) is 6.31. The van der Waals surface area contributed by atoms with Crippen molar-refractivity contribution in [3.63, 3.8) is 0 Å². The zero-order valence-electron chi connectivity index (χ0n) is 12.3. The number of rotatable bonds is 5. The minimum atomic E-state index is 0.0578. The van der Waals surface area contributed by atoms with Gasteiger partial charge in [0, 0.05) is 29.4 Å². The van der Waals surface area contributed by atoms with E-state index in [1.165, 1.54) is 19.3 Å². The first-order valence-electron chi connectivity index (χ1n) is 7.76. The Morgan fingerprint density at radius 3 is 2.76 bits per heavy atom. The molecule has 2 aromatic rings. The van der Waals surface area contributed by atoms with Gasteiger partial charge in [-0.1, -0.05) is 31.4 Å². The number of anilines is 1. The third-order valence-electron chi connectivity index (χ3n) is 4.59. The molecule has 3 rings (SSSR count). The van der Waals surface area contributed by atoms with Crippen LogP contribution in [-0.4, -0.2) is 28.5 Å². The third-order valence-corrected chi connectivity index (χ3v) is 4.59. The first-order valence-corrected chi connectivity index (χ1v) is 7.76. The van der Waals surface area contributed by atoms with Crippen LogP contribution in [0, 0.1) is 5.41 Å². The van der Waals surface area contributed by atoms with E-state index in [-0.39, 0.29) is 12.0 Å². The minimum Gasteiger partial charge on any atom is -0.396 e. The van der Waals surface area contributed by atoms with Gasteiger partial charge in [0.1, 0.15) is 0 Å². The first kappa shape index (κ1) is 14.1. The van der Waals surface area contributed by atoms with E-state index in [1.807, 2.05) is 12.1 Å². The van der Waals surface area contributed by atoms with E-state index in [1.54, 1.807) is 6.20 Å². The molecule has 4 heteroatoms. The van der Waals surface area contributed by atoms with Gasteiger partial charge in [0.15, 0.2) is 0 Å². The maximum absolute atomic E-state index is 9.77. The van der Waals surface area contributed by atoms with Crippen molar-refractivity contribution in [2.45, 2.75) is 32.1 Å². The standard InChI is InChI=1S/C17H23N3O/c21-13-17(8-2-1-3-9-17)12-18-15-6-4-5-14(11-15)16-7-10-19-20-16/h4-7,10-11,18,21H,1-3,8-9,12-13H2,(H,19,20). The highest BCUT2D eigenvalue weighted by atomic mass is 16.3. The number of aromatic nitrogens is 2. The number of H-pyrrole nitrogens is 1. The molecule has 1 aromatic carbocycles. The van der Waals surface area contributed by atoms with Crippen molar-refractivity contribution in [3.05, 3.63) is 36.5 Å². The van der Waals surface area contributed by atoms with Crippen molar-refractivity contribution in [1.82, 2.24) is 10.2 Å². The summed E-state index contributed by atoms with van der Waals surface area (Å²) in [6.07, 6.45) is 7.77. The molecule has 1 saturated carbocycles. The molecule has 112 valence electrons. The lowest BCUT2D eigenvalue weighted by atomic mass is 9.74. The summed E-state index contributed by atoms with van der Waals surface area (Å²) in [6, 6.07) is 10.3. The fourth-order valence-electron chi connectivity index (χ4n) is 3.20. The third kappa shape index (κ3) is 3.27. The van der Waals surface area contributed by atoms with Crippen LogP contribution < -0.4 is 5.32 Å². The Morgan fingerprint density at radius 2 is 2.05 bits per heavy atom. The quantitative estimate of drug-likeness (QED) is 0.788. The van der Waals surface area contributed by atoms with Gasteiger partial charge in [-0.05, 0) is 31.0 Å². The van der Waals surface area contributed by atoms with Gasteiger partial charge in [0.2, 0.25) is 0 Å². The summed E-state index contributed by atoms with van der Waals surface area (Å²) in [6.45, 7) is 1.12. The average molecular weight is 285 g/mol. The van der Waals surface area contributed by atoms with Crippen molar-refractivity contribution in [3.8, 4) is 11.3 Å². The highest BCUT2D eigenvalue weighted by Crippen LogP contribution is 2.36. The molecule has 4 nitrogen and oxygen atoms in total. The number of hydrogen-bond donors (Lipinski definition) is 3. The van der Waals surface area contributed by atoms with Crippen LogP contribution in [0.15, 0.2) is 36.5 Å². The molecular formula is C17H23N3O. The fraction of sp³-hybridized carbons (Fsp3) is 0.471. The Morgan fingerprint density at radius 1 is 1.19 bits per heavy atom. The minimum absolute atomic E-state index is 0.0578. The summed E-state index contributed by atoms with van der Waals surface area (Å²) in [7, 11) is 0. The monoisotopic (exact) mass is 285 g/mol. The smallest absolute Gasteiger partial charge is 0.0650 e. The van der Waals surface area contributed by atoms with Crippen LogP contribution in [0.1, 0.15) is 32.1 Å². The summed E-state index contributed by atoms with van der Waals surface area (Å²) in [5, 5.41) is 20.3. The molecule has 0 amide bonds. The van der Waals surface area contributed by atoms with Crippen molar-refractivity contribution in [2.24, 2.45) is 5.41 Å². The van der Waals surface area contributed by atoms with E-state index >= 15 is 0 Å². The van der Waals surface area contributed by atoms with Crippen molar-refractivity contribution < 1.29 is 5.11 Å². The van der Waals surface area contributed by atoms with Gasteiger partial charge in [-0.2, -0.15) is 5.10 Å². The zero-order valence-corrected chi connectivity index (χ0v) is 12.3.